The fourth-order valence-corrected chi connectivity index (χ4v) is 1.77. The summed E-state index contributed by atoms with van der Waals surface area (Å²) in [4.78, 5) is 0. The molecule has 1 aromatic heterocycles. The molecule has 0 spiro atoms. The fraction of sp³-hybridized carbons (Fsp3) is 0.333. The number of rotatable bonds is 1. The van der Waals surface area contributed by atoms with Crippen LogP contribution < -0.4 is 0 Å². The van der Waals surface area contributed by atoms with Crippen LogP contribution in [0.3, 0.4) is 0 Å². The first-order chi connectivity index (χ1) is 6.20. The van der Waals surface area contributed by atoms with Crippen molar-refractivity contribution in [3.63, 3.8) is 0 Å². The summed E-state index contributed by atoms with van der Waals surface area (Å²) >= 11 is 0. The molecule has 0 amide bonds. The van der Waals surface area contributed by atoms with Crippen molar-refractivity contribution in [3.05, 3.63) is 36.0 Å². The first kappa shape index (κ1) is 11.9. The molecule has 1 nitrogen and oxygen atoms in total. The van der Waals surface area contributed by atoms with Crippen molar-refractivity contribution in [1.29, 1.82) is 0 Å². The van der Waals surface area contributed by atoms with E-state index in [2.05, 4.69) is 49.9 Å². The zero-order valence-electron chi connectivity index (χ0n) is 8.91. The molecule has 0 aliphatic heterocycles. The van der Waals surface area contributed by atoms with Crippen LogP contribution in [0, 0.1) is 6.07 Å². The zero-order chi connectivity index (χ0) is 9.42. The fourth-order valence-electron chi connectivity index (χ4n) is 1.77. The monoisotopic (exact) mass is 261 g/mol. The van der Waals surface area contributed by atoms with Gasteiger partial charge in [0.2, 0.25) is 0 Å². The maximum Gasteiger partial charge on any atom is 0.00893 e. The summed E-state index contributed by atoms with van der Waals surface area (Å²) in [6, 6.07) is 9.28. The predicted molar refractivity (Wildman–Crippen MR) is 55.8 cm³/mol. The molecule has 0 saturated carbocycles. The molecular formula is C12H14NY-. The van der Waals surface area contributed by atoms with Crippen molar-refractivity contribution in [2.45, 2.75) is 19.8 Å². The Hall–Kier alpha value is -0.136. The number of aromatic nitrogens is 1. The van der Waals surface area contributed by atoms with E-state index in [0.29, 0.717) is 5.92 Å². The molecule has 1 aromatic carbocycles. The quantitative estimate of drug-likeness (QED) is 0.695. The van der Waals surface area contributed by atoms with Gasteiger partial charge in [0.25, 0.3) is 0 Å². The maximum absolute atomic E-state index is 3.13. The van der Waals surface area contributed by atoms with Crippen LogP contribution in [-0.2, 0) is 39.8 Å². The van der Waals surface area contributed by atoms with Crippen LogP contribution in [0.25, 0.3) is 10.9 Å². The van der Waals surface area contributed by atoms with E-state index >= 15 is 0 Å². The van der Waals surface area contributed by atoms with Gasteiger partial charge in [-0.25, -0.2) is 0 Å². The normalized spacial score (nSPS) is 10.6. The second-order valence-electron chi connectivity index (χ2n) is 3.79. The molecule has 2 heteroatoms. The van der Waals surface area contributed by atoms with Gasteiger partial charge in [-0.3, -0.25) is 0 Å². The van der Waals surface area contributed by atoms with Gasteiger partial charge in [0.15, 0.2) is 0 Å². The summed E-state index contributed by atoms with van der Waals surface area (Å²) in [5, 5.41) is 1.33. The van der Waals surface area contributed by atoms with Gasteiger partial charge in [-0.1, -0.05) is 24.9 Å². The van der Waals surface area contributed by atoms with Crippen LogP contribution in [0.1, 0.15) is 25.3 Å². The van der Waals surface area contributed by atoms with E-state index in [1.165, 1.54) is 16.5 Å². The molecule has 0 saturated heterocycles. The molecule has 0 atom stereocenters. The third-order valence-electron chi connectivity index (χ3n) is 2.49. The predicted octanol–water partition coefficient (Wildman–Crippen LogP) is 3.10. The van der Waals surface area contributed by atoms with Gasteiger partial charge >= 0.3 is 0 Å². The van der Waals surface area contributed by atoms with Gasteiger partial charge in [0.05, 0.1) is 0 Å². The van der Waals surface area contributed by atoms with Gasteiger partial charge in [0.1, 0.15) is 0 Å². The smallest absolute Gasteiger partial charge is 0.00893 e. The number of benzene rings is 1. The molecule has 1 heterocycles. The van der Waals surface area contributed by atoms with Crippen molar-refractivity contribution in [2.75, 3.05) is 0 Å². The van der Waals surface area contributed by atoms with E-state index in [1.807, 2.05) is 6.07 Å². The Morgan fingerprint density at radius 1 is 1.36 bits per heavy atom. The number of hydrogen-bond donors (Lipinski definition) is 0. The molecule has 1 radical (unpaired) electrons. The molecule has 71 valence electrons. The van der Waals surface area contributed by atoms with E-state index in [4.69, 9.17) is 0 Å². The van der Waals surface area contributed by atoms with Gasteiger partial charge in [-0.15, -0.1) is 11.5 Å². The largest absolute Gasteiger partial charge is 0.374 e. The van der Waals surface area contributed by atoms with Crippen LogP contribution in [0.5, 0.6) is 0 Å². The molecule has 0 aliphatic rings. The molecular weight excluding hydrogens is 247 g/mol. The van der Waals surface area contributed by atoms with E-state index in [1.54, 1.807) is 0 Å². The molecule has 0 unspecified atom stereocenters. The second kappa shape index (κ2) is 4.59. The molecule has 0 bridgehead atoms. The Morgan fingerprint density at radius 3 is 2.71 bits per heavy atom. The first-order valence-electron chi connectivity index (χ1n) is 4.65. The molecule has 0 fully saturated rings. The van der Waals surface area contributed by atoms with Crippen molar-refractivity contribution >= 4 is 10.9 Å². The topological polar surface area (TPSA) is 4.93 Å². The summed E-state index contributed by atoms with van der Waals surface area (Å²) in [6.45, 7) is 4.45. The SMILES string of the molecule is CC(C)c1cn(C)c2cc[c-]cc12.[Y]. The van der Waals surface area contributed by atoms with Crippen molar-refractivity contribution in [1.82, 2.24) is 4.57 Å². The number of fused-ring (bicyclic) bond motifs is 1. The van der Waals surface area contributed by atoms with E-state index < -0.39 is 0 Å². The number of aryl methyl sites for hydroxylation is 1. The van der Waals surface area contributed by atoms with Crippen LogP contribution >= 0.6 is 0 Å². The minimum atomic E-state index is 0. The number of hydrogen-bond acceptors (Lipinski definition) is 0. The molecule has 2 rings (SSSR count). The second-order valence-corrected chi connectivity index (χ2v) is 3.79. The Bertz CT molecular complexity index is 429. The van der Waals surface area contributed by atoms with Gasteiger partial charge in [-0.2, -0.15) is 18.2 Å². The average molecular weight is 261 g/mol. The van der Waals surface area contributed by atoms with Crippen molar-refractivity contribution < 1.29 is 32.7 Å². The average Bonchev–Trinajstić information content (AvgIpc) is 2.45. The summed E-state index contributed by atoms with van der Waals surface area (Å²) in [5.74, 6) is 0.583. The van der Waals surface area contributed by atoms with E-state index in [9.17, 15) is 0 Å². The van der Waals surface area contributed by atoms with Crippen LogP contribution in [0.2, 0.25) is 0 Å². The maximum atomic E-state index is 3.13. The standard InChI is InChI=1S/C12H14N.Y/c1-9(2)11-8-13(3)12-7-5-4-6-10(11)12;/h5-9H,1-3H3;/q-1;. The van der Waals surface area contributed by atoms with E-state index in [0.717, 1.165) is 0 Å². The third-order valence-corrected chi connectivity index (χ3v) is 2.49. The van der Waals surface area contributed by atoms with Gasteiger partial charge < -0.3 is 4.57 Å². The molecule has 0 aliphatic carbocycles. The minimum absolute atomic E-state index is 0. The van der Waals surface area contributed by atoms with E-state index in [-0.39, 0.29) is 32.7 Å². The minimum Gasteiger partial charge on any atom is -0.374 e. The number of nitrogens with zero attached hydrogens (tertiary/aromatic N) is 1. The Balaban J connectivity index is 0.000000980. The summed E-state index contributed by atoms with van der Waals surface area (Å²) in [5.41, 5.74) is 2.71. The third kappa shape index (κ3) is 1.94. The summed E-state index contributed by atoms with van der Waals surface area (Å²) in [6.07, 6.45) is 2.21. The molecule has 0 N–H and O–H groups in total. The molecule has 2 aromatic rings. The summed E-state index contributed by atoms with van der Waals surface area (Å²) < 4.78 is 2.18. The van der Waals surface area contributed by atoms with Gasteiger partial charge in [0, 0.05) is 39.8 Å². The van der Waals surface area contributed by atoms with Crippen molar-refractivity contribution in [2.24, 2.45) is 7.05 Å². The summed E-state index contributed by atoms with van der Waals surface area (Å²) in [7, 11) is 2.09. The van der Waals surface area contributed by atoms with Crippen LogP contribution in [0.15, 0.2) is 24.4 Å². The molecule has 14 heavy (non-hydrogen) atoms. The van der Waals surface area contributed by atoms with Crippen LogP contribution in [0.4, 0.5) is 0 Å². The Labute approximate surface area is 110 Å². The Kier molecular flexibility index (Phi) is 3.91. The Morgan fingerprint density at radius 2 is 2.07 bits per heavy atom. The van der Waals surface area contributed by atoms with Crippen LogP contribution in [-0.4, -0.2) is 4.57 Å². The van der Waals surface area contributed by atoms with Gasteiger partial charge in [-0.05, 0) is 12.1 Å². The zero-order valence-corrected chi connectivity index (χ0v) is 11.7. The van der Waals surface area contributed by atoms with Crippen molar-refractivity contribution in [3.8, 4) is 0 Å². The first-order valence-corrected chi connectivity index (χ1v) is 4.65.